The molecule has 7 nitrogen and oxygen atoms in total. The number of amides is 1. The van der Waals surface area contributed by atoms with Gasteiger partial charge in [-0.2, -0.15) is 13.2 Å². The van der Waals surface area contributed by atoms with Crippen LogP contribution in [0.15, 0.2) is 42.6 Å². The zero-order chi connectivity index (χ0) is 22.0. The first-order chi connectivity index (χ1) is 14.8. The molecule has 1 atom stereocenters. The van der Waals surface area contributed by atoms with E-state index in [4.69, 9.17) is 14.6 Å². The van der Waals surface area contributed by atoms with E-state index < -0.39 is 23.9 Å². The third-order valence-electron chi connectivity index (χ3n) is 5.37. The second kappa shape index (κ2) is 8.62. The van der Waals surface area contributed by atoms with Crippen LogP contribution in [0, 0.1) is 0 Å². The van der Waals surface area contributed by atoms with Crippen molar-refractivity contribution in [2.45, 2.75) is 31.2 Å². The number of aliphatic hydroxyl groups excluding tert-OH is 1. The van der Waals surface area contributed by atoms with E-state index in [1.165, 1.54) is 23.1 Å². The summed E-state index contributed by atoms with van der Waals surface area (Å²) in [6.45, 7) is 1.20. The molecule has 0 bridgehead atoms. The molecule has 10 heteroatoms. The maximum atomic E-state index is 13.2. The van der Waals surface area contributed by atoms with E-state index in [1.807, 2.05) is 4.90 Å². The Morgan fingerprint density at radius 3 is 2.52 bits per heavy atom. The van der Waals surface area contributed by atoms with E-state index in [9.17, 15) is 18.0 Å². The molecule has 0 radical (unpaired) electrons. The molecule has 166 valence electrons. The number of piperidine rings is 1. The Kier molecular flexibility index (Phi) is 5.90. The average Bonchev–Trinajstić information content (AvgIpc) is 3.15. The average molecular weight is 437 g/mol. The number of ether oxygens (including phenoxy) is 2. The van der Waals surface area contributed by atoms with Crippen LogP contribution in [-0.2, 0) is 10.9 Å². The smallest absolute Gasteiger partial charge is 0.419 e. The number of para-hydroxylation sites is 1. The molecule has 31 heavy (non-hydrogen) atoms. The monoisotopic (exact) mass is 437 g/mol. The second-order valence-electron chi connectivity index (χ2n) is 7.47. The lowest BCUT2D eigenvalue weighted by molar-refractivity contribution is -0.139. The molecule has 3 heterocycles. The lowest BCUT2D eigenvalue weighted by atomic mass is 10.1. The summed E-state index contributed by atoms with van der Waals surface area (Å²) in [5, 5.41) is 9.14. The summed E-state index contributed by atoms with van der Waals surface area (Å²) in [4.78, 5) is 19.7. The van der Waals surface area contributed by atoms with Crippen LogP contribution in [0.2, 0.25) is 0 Å². The quantitative estimate of drug-likeness (QED) is 0.772. The number of aliphatic hydroxyl groups is 1. The van der Waals surface area contributed by atoms with Crippen LogP contribution >= 0.6 is 0 Å². The van der Waals surface area contributed by atoms with Gasteiger partial charge < -0.3 is 19.5 Å². The van der Waals surface area contributed by atoms with Crippen LogP contribution in [0.3, 0.4) is 0 Å². The van der Waals surface area contributed by atoms with Gasteiger partial charge in [0.15, 0.2) is 0 Å². The third kappa shape index (κ3) is 4.68. The summed E-state index contributed by atoms with van der Waals surface area (Å²) < 4.78 is 50.2. The molecule has 0 unspecified atom stereocenters. The van der Waals surface area contributed by atoms with Crippen molar-refractivity contribution in [3.8, 4) is 5.75 Å². The van der Waals surface area contributed by atoms with Gasteiger partial charge in [0.1, 0.15) is 23.8 Å². The fraction of sp³-hybridized carbons (Fsp3) is 0.429. The van der Waals surface area contributed by atoms with E-state index in [0.717, 1.165) is 6.07 Å². The first-order valence-corrected chi connectivity index (χ1v) is 9.98. The van der Waals surface area contributed by atoms with E-state index in [0.29, 0.717) is 37.4 Å². The number of alkyl halides is 3. The Hall–Kier alpha value is -3.01. The minimum absolute atomic E-state index is 0.144. The largest absolute Gasteiger partial charge is 0.490 e. The zero-order valence-electron chi connectivity index (χ0n) is 16.6. The van der Waals surface area contributed by atoms with Gasteiger partial charge in [0, 0.05) is 25.9 Å². The van der Waals surface area contributed by atoms with Gasteiger partial charge in [-0.3, -0.25) is 4.90 Å². The van der Waals surface area contributed by atoms with Crippen molar-refractivity contribution < 1.29 is 32.5 Å². The first kappa shape index (κ1) is 21.2. The van der Waals surface area contributed by atoms with Crippen LogP contribution in [0.5, 0.6) is 5.75 Å². The number of cyclic esters (lactones) is 1. The van der Waals surface area contributed by atoms with Crippen molar-refractivity contribution in [3.63, 3.8) is 0 Å². The number of halogens is 3. The summed E-state index contributed by atoms with van der Waals surface area (Å²) in [5.74, 6) is 0.568. The van der Waals surface area contributed by atoms with Crippen LogP contribution in [-0.4, -0.2) is 54.6 Å². The number of hydrogen-bond donors (Lipinski definition) is 1. The molecule has 4 rings (SSSR count). The highest BCUT2D eigenvalue weighted by Gasteiger charge is 2.35. The van der Waals surface area contributed by atoms with Gasteiger partial charge in [0.25, 0.3) is 0 Å². The predicted octanol–water partition coefficient (Wildman–Crippen LogP) is 3.47. The minimum atomic E-state index is -4.46. The number of benzene rings is 1. The van der Waals surface area contributed by atoms with Crippen LogP contribution in [0.1, 0.15) is 18.4 Å². The standard InChI is InChI=1S/C21H22F3N3O4/c22-21(23,24)17-3-1-2-4-18(17)30-15-7-9-26(10-8-15)19-6-5-14(11-25-19)27-12-16(13-28)31-20(27)29/h1-6,11,15-16,28H,7-10,12-13H2/t16-/m0/s1. The molecule has 2 aromatic rings. The van der Waals surface area contributed by atoms with E-state index in [-0.39, 0.29) is 25.0 Å². The van der Waals surface area contributed by atoms with Crippen molar-refractivity contribution in [1.82, 2.24) is 4.98 Å². The maximum absolute atomic E-state index is 13.2. The summed E-state index contributed by atoms with van der Waals surface area (Å²) >= 11 is 0. The number of nitrogens with zero attached hydrogens (tertiary/aromatic N) is 3. The fourth-order valence-corrected chi connectivity index (χ4v) is 3.74. The Morgan fingerprint density at radius 2 is 1.90 bits per heavy atom. The molecular weight excluding hydrogens is 415 g/mol. The Morgan fingerprint density at radius 1 is 1.16 bits per heavy atom. The summed E-state index contributed by atoms with van der Waals surface area (Å²) in [5.41, 5.74) is -0.190. The molecule has 1 N–H and O–H groups in total. The van der Waals surface area contributed by atoms with Gasteiger partial charge in [-0.05, 0) is 24.3 Å². The number of anilines is 2. The molecule has 1 amide bonds. The normalized spacial score (nSPS) is 20.1. The van der Waals surface area contributed by atoms with Crippen molar-refractivity contribution in [2.75, 3.05) is 36.0 Å². The number of carbonyl (C=O) groups is 1. The summed E-state index contributed by atoms with van der Waals surface area (Å²) in [6, 6.07) is 8.79. The zero-order valence-corrected chi connectivity index (χ0v) is 16.6. The molecule has 2 fully saturated rings. The van der Waals surface area contributed by atoms with E-state index in [2.05, 4.69) is 4.98 Å². The van der Waals surface area contributed by atoms with Gasteiger partial charge in [0.2, 0.25) is 0 Å². The summed E-state index contributed by atoms with van der Waals surface area (Å²) in [7, 11) is 0. The van der Waals surface area contributed by atoms with Crippen LogP contribution in [0.4, 0.5) is 29.5 Å². The number of pyridine rings is 1. The SMILES string of the molecule is O=C1O[C@H](CO)CN1c1ccc(N2CCC(Oc3ccccc3C(F)(F)F)CC2)nc1. The van der Waals surface area contributed by atoms with E-state index in [1.54, 1.807) is 18.3 Å². The lowest BCUT2D eigenvalue weighted by Gasteiger charge is -2.33. The number of rotatable bonds is 5. The van der Waals surface area contributed by atoms with Gasteiger partial charge in [-0.1, -0.05) is 12.1 Å². The summed E-state index contributed by atoms with van der Waals surface area (Å²) in [6.07, 6.45) is -3.15. The van der Waals surface area contributed by atoms with Crippen molar-refractivity contribution in [2.24, 2.45) is 0 Å². The minimum Gasteiger partial charge on any atom is -0.490 e. The van der Waals surface area contributed by atoms with Gasteiger partial charge in [-0.25, -0.2) is 9.78 Å². The van der Waals surface area contributed by atoms with Crippen LogP contribution in [0.25, 0.3) is 0 Å². The molecule has 1 aromatic carbocycles. The second-order valence-corrected chi connectivity index (χ2v) is 7.47. The Balaban J connectivity index is 1.35. The van der Waals surface area contributed by atoms with Gasteiger partial charge in [-0.15, -0.1) is 0 Å². The molecule has 2 aliphatic rings. The molecular formula is C21H22F3N3O4. The number of carbonyl (C=O) groups excluding carboxylic acids is 1. The maximum Gasteiger partial charge on any atom is 0.419 e. The van der Waals surface area contributed by atoms with Crippen molar-refractivity contribution >= 4 is 17.6 Å². The molecule has 0 aliphatic carbocycles. The van der Waals surface area contributed by atoms with Gasteiger partial charge >= 0.3 is 12.3 Å². The molecule has 0 saturated carbocycles. The third-order valence-corrected chi connectivity index (χ3v) is 5.37. The molecule has 1 aromatic heterocycles. The predicted molar refractivity (Wildman–Crippen MR) is 106 cm³/mol. The first-order valence-electron chi connectivity index (χ1n) is 9.98. The highest BCUT2D eigenvalue weighted by atomic mass is 19.4. The highest BCUT2D eigenvalue weighted by molar-refractivity contribution is 5.89. The Bertz CT molecular complexity index is 915. The van der Waals surface area contributed by atoms with Crippen molar-refractivity contribution in [1.29, 1.82) is 0 Å². The Labute approximate surface area is 177 Å². The fourth-order valence-electron chi connectivity index (χ4n) is 3.74. The molecule has 2 aliphatic heterocycles. The van der Waals surface area contributed by atoms with E-state index >= 15 is 0 Å². The number of aromatic nitrogens is 1. The topological polar surface area (TPSA) is 75.1 Å². The number of hydrogen-bond acceptors (Lipinski definition) is 6. The van der Waals surface area contributed by atoms with Gasteiger partial charge in [0.05, 0.1) is 30.6 Å². The highest BCUT2D eigenvalue weighted by Crippen LogP contribution is 2.37. The molecule has 2 saturated heterocycles. The van der Waals surface area contributed by atoms with Crippen LogP contribution < -0.4 is 14.5 Å². The lowest BCUT2D eigenvalue weighted by Crippen LogP contribution is -2.39. The molecule has 0 spiro atoms. The van der Waals surface area contributed by atoms with Crippen molar-refractivity contribution in [3.05, 3.63) is 48.2 Å².